The van der Waals surface area contributed by atoms with Crippen molar-refractivity contribution in [3.8, 4) is 5.75 Å². The first-order valence-electron chi connectivity index (χ1n) is 7.55. The molecule has 0 amide bonds. The Morgan fingerprint density at radius 3 is 2.50 bits per heavy atom. The topological polar surface area (TPSA) is 41.7 Å². The summed E-state index contributed by atoms with van der Waals surface area (Å²) in [6, 6.07) is 15.0. The molecule has 22 heavy (non-hydrogen) atoms. The van der Waals surface area contributed by atoms with Crippen molar-refractivity contribution >= 4 is 11.4 Å². The summed E-state index contributed by atoms with van der Waals surface area (Å²) in [6.07, 6.45) is 0. The van der Waals surface area contributed by atoms with Crippen molar-refractivity contribution in [2.75, 3.05) is 37.5 Å². The first kappa shape index (κ1) is 14.7. The third kappa shape index (κ3) is 2.40. The van der Waals surface area contributed by atoms with Crippen LogP contribution in [0.2, 0.25) is 0 Å². The van der Waals surface area contributed by atoms with Gasteiger partial charge in [0.1, 0.15) is 5.75 Å². The van der Waals surface area contributed by atoms with E-state index in [1.54, 1.807) is 7.11 Å². The van der Waals surface area contributed by atoms with Crippen molar-refractivity contribution in [3.05, 3.63) is 53.6 Å². The smallest absolute Gasteiger partial charge is 0.124 e. The first-order valence-corrected chi connectivity index (χ1v) is 7.55. The van der Waals surface area contributed by atoms with E-state index in [9.17, 15) is 0 Å². The summed E-state index contributed by atoms with van der Waals surface area (Å²) >= 11 is 0. The quantitative estimate of drug-likeness (QED) is 0.942. The summed E-state index contributed by atoms with van der Waals surface area (Å²) in [5.41, 5.74) is 11.0. The van der Waals surface area contributed by atoms with Crippen molar-refractivity contribution in [3.63, 3.8) is 0 Å². The maximum absolute atomic E-state index is 6.06. The van der Waals surface area contributed by atoms with Gasteiger partial charge in [0.2, 0.25) is 0 Å². The van der Waals surface area contributed by atoms with Gasteiger partial charge in [-0.15, -0.1) is 0 Å². The van der Waals surface area contributed by atoms with E-state index < -0.39 is 0 Å². The van der Waals surface area contributed by atoms with Gasteiger partial charge >= 0.3 is 0 Å². The van der Waals surface area contributed by atoms with E-state index in [1.807, 2.05) is 26.2 Å². The molecule has 2 N–H and O–H groups in total. The Bertz CT molecular complexity index is 652. The van der Waals surface area contributed by atoms with Gasteiger partial charge in [0.25, 0.3) is 0 Å². The Balaban J connectivity index is 1.95. The Hall–Kier alpha value is -2.20. The third-order valence-corrected chi connectivity index (χ3v) is 4.37. The number of hydrogen-bond donors (Lipinski definition) is 1. The molecule has 116 valence electrons. The van der Waals surface area contributed by atoms with E-state index in [4.69, 9.17) is 10.5 Å². The highest BCUT2D eigenvalue weighted by Crippen LogP contribution is 2.41. The molecule has 0 saturated heterocycles. The molecule has 2 aromatic rings. The number of nitrogens with two attached hydrogens (primary N) is 1. The molecule has 4 heteroatoms. The Morgan fingerprint density at radius 1 is 1.18 bits per heavy atom. The van der Waals surface area contributed by atoms with Crippen molar-refractivity contribution in [2.45, 2.75) is 12.6 Å². The Kier molecular flexibility index (Phi) is 3.94. The summed E-state index contributed by atoms with van der Waals surface area (Å²) in [5, 5.41) is 0. The number of ether oxygens (including phenoxy) is 1. The molecule has 1 aliphatic heterocycles. The zero-order chi connectivity index (χ0) is 15.7. The molecule has 0 aliphatic carbocycles. The molecular formula is C18H23N3O. The number of rotatable bonds is 4. The van der Waals surface area contributed by atoms with Crippen molar-refractivity contribution < 1.29 is 4.74 Å². The van der Waals surface area contributed by atoms with Crippen LogP contribution in [0.4, 0.5) is 11.4 Å². The molecule has 1 unspecified atom stereocenters. The van der Waals surface area contributed by atoms with Crippen LogP contribution in [0.5, 0.6) is 5.75 Å². The number of anilines is 2. The Labute approximate surface area is 132 Å². The second-order valence-corrected chi connectivity index (χ2v) is 5.82. The van der Waals surface area contributed by atoms with E-state index in [0.717, 1.165) is 12.3 Å². The van der Waals surface area contributed by atoms with Gasteiger partial charge in [0.15, 0.2) is 0 Å². The molecule has 1 heterocycles. The highest BCUT2D eigenvalue weighted by atomic mass is 16.5. The lowest BCUT2D eigenvalue weighted by molar-refractivity contribution is 0.410. The lowest BCUT2D eigenvalue weighted by Crippen LogP contribution is -2.27. The van der Waals surface area contributed by atoms with Crippen LogP contribution < -0.4 is 20.3 Å². The van der Waals surface area contributed by atoms with Crippen LogP contribution in [0.15, 0.2) is 42.5 Å². The molecule has 0 aromatic heterocycles. The molecule has 4 nitrogen and oxygen atoms in total. The van der Waals surface area contributed by atoms with E-state index in [0.29, 0.717) is 6.54 Å². The summed E-state index contributed by atoms with van der Waals surface area (Å²) in [7, 11) is 5.82. The highest BCUT2D eigenvalue weighted by Gasteiger charge is 2.31. The van der Waals surface area contributed by atoms with Gasteiger partial charge in [0, 0.05) is 44.1 Å². The van der Waals surface area contributed by atoms with Crippen LogP contribution in [-0.4, -0.2) is 27.7 Å². The largest absolute Gasteiger partial charge is 0.496 e. The molecule has 0 radical (unpaired) electrons. The minimum absolute atomic E-state index is 0.204. The maximum atomic E-state index is 6.06. The Morgan fingerprint density at radius 2 is 1.91 bits per heavy atom. The number of nitrogens with zero attached hydrogens (tertiary/aromatic N) is 2. The minimum atomic E-state index is 0.204. The lowest BCUT2D eigenvalue weighted by atomic mass is 10.0. The van der Waals surface area contributed by atoms with Crippen molar-refractivity contribution in [1.29, 1.82) is 0 Å². The molecule has 0 spiro atoms. The van der Waals surface area contributed by atoms with Gasteiger partial charge in [-0.25, -0.2) is 0 Å². The monoisotopic (exact) mass is 297 g/mol. The minimum Gasteiger partial charge on any atom is -0.496 e. The summed E-state index contributed by atoms with van der Waals surface area (Å²) in [4.78, 5) is 4.46. The number of methoxy groups -OCH3 is 1. The zero-order valence-corrected chi connectivity index (χ0v) is 13.4. The molecule has 1 aliphatic rings. The molecule has 0 bridgehead atoms. The number of fused-ring (bicyclic) bond motifs is 1. The van der Waals surface area contributed by atoms with Crippen LogP contribution in [0.1, 0.15) is 17.2 Å². The van der Waals surface area contributed by atoms with Gasteiger partial charge in [-0.3, -0.25) is 0 Å². The van der Waals surface area contributed by atoms with E-state index in [-0.39, 0.29) is 6.04 Å². The second-order valence-electron chi connectivity index (χ2n) is 5.82. The first-order chi connectivity index (χ1) is 10.7. The van der Waals surface area contributed by atoms with Gasteiger partial charge in [-0.05, 0) is 35.9 Å². The zero-order valence-electron chi connectivity index (χ0n) is 13.4. The van der Waals surface area contributed by atoms with Gasteiger partial charge < -0.3 is 20.3 Å². The average molecular weight is 297 g/mol. The lowest BCUT2D eigenvalue weighted by Gasteiger charge is -2.27. The summed E-state index contributed by atoms with van der Waals surface area (Å²) < 4.78 is 5.51. The maximum Gasteiger partial charge on any atom is 0.124 e. The van der Waals surface area contributed by atoms with Crippen LogP contribution in [0, 0.1) is 0 Å². The predicted octanol–water partition coefficient (Wildman–Crippen LogP) is 2.78. The molecular weight excluding hydrogens is 274 g/mol. The number of hydrogen-bond acceptors (Lipinski definition) is 4. The molecule has 0 fully saturated rings. The molecule has 3 rings (SSSR count). The van der Waals surface area contributed by atoms with Gasteiger partial charge in [-0.2, -0.15) is 0 Å². The normalized spacial score (nSPS) is 16.5. The highest BCUT2D eigenvalue weighted by molar-refractivity contribution is 5.61. The average Bonchev–Trinajstić information content (AvgIpc) is 2.93. The van der Waals surface area contributed by atoms with Crippen LogP contribution in [0.3, 0.4) is 0 Å². The molecule has 2 aromatic carbocycles. The SMILES string of the molecule is COc1cccc2c1CN(c1ccc(N(C)C)cc1)C2CN. The molecule has 0 saturated carbocycles. The number of benzene rings is 2. The predicted molar refractivity (Wildman–Crippen MR) is 91.7 cm³/mol. The van der Waals surface area contributed by atoms with Crippen molar-refractivity contribution in [1.82, 2.24) is 0 Å². The standard InChI is InChI=1S/C18H23N3O/c1-20(2)13-7-9-14(10-8-13)21-12-16-15(17(21)11-19)5-4-6-18(16)22-3/h4-10,17H,11-12,19H2,1-3H3. The van der Waals surface area contributed by atoms with Gasteiger partial charge in [-0.1, -0.05) is 12.1 Å². The van der Waals surface area contributed by atoms with Crippen molar-refractivity contribution in [2.24, 2.45) is 5.73 Å². The van der Waals surface area contributed by atoms with E-state index in [1.165, 1.54) is 22.5 Å². The van der Waals surface area contributed by atoms with E-state index in [2.05, 4.69) is 40.1 Å². The van der Waals surface area contributed by atoms with Crippen LogP contribution >= 0.6 is 0 Å². The van der Waals surface area contributed by atoms with E-state index >= 15 is 0 Å². The summed E-state index contributed by atoms with van der Waals surface area (Å²) in [5.74, 6) is 0.948. The fourth-order valence-corrected chi connectivity index (χ4v) is 3.17. The fraction of sp³-hybridized carbons (Fsp3) is 0.333. The second kappa shape index (κ2) is 5.89. The molecule has 1 atom stereocenters. The van der Waals surface area contributed by atoms with Crippen LogP contribution in [-0.2, 0) is 6.54 Å². The third-order valence-electron chi connectivity index (χ3n) is 4.37. The fourth-order valence-electron chi connectivity index (χ4n) is 3.17. The van der Waals surface area contributed by atoms with Crippen LogP contribution in [0.25, 0.3) is 0 Å². The summed E-state index contributed by atoms with van der Waals surface area (Å²) in [6.45, 7) is 1.43. The van der Waals surface area contributed by atoms with Gasteiger partial charge in [0.05, 0.1) is 13.2 Å².